The maximum atomic E-state index is 11.0. The van der Waals surface area contributed by atoms with E-state index >= 15 is 0 Å². The highest BCUT2D eigenvalue weighted by molar-refractivity contribution is 8.00. The minimum atomic E-state index is -0.210. The topological polar surface area (TPSA) is 35.5 Å². The molecule has 88 valence electrons. The van der Waals surface area contributed by atoms with Crippen molar-refractivity contribution >= 4 is 17.7 Å². The predicted molar refractivity (Wildman–Crippen MR) is 65.2 cm³/mol. The standard InChI is InChI=1S/C12H16O3S/c1-8-6-11(16-7-12(13)15-4)9(2)5-10(8)14-3/h5-6H,7H2,1-4H3. The molecular weight excluding hydrogens is 224 g/mol. The van der Waals surface area contributed by atoms with Crippen LogP contribution in [0.15, 0.2) is 17.0 Å². The van der Waals surface area contributed by atoms with Crippen LogP contribution in [0.4, 0.5) is 0 Å². The third-order valence-electron chi connectivity index (χ3n) is 2.27. The number of carbonyl (C=O) groups excluding carboxylic acids is 1. The third kappa shape index (κ3) is 3.17. The van der Waals surface area contributed by atoms with Crippen molar-refractivity contribution in [3.8, 4) is 5.75 Å². The largest absolute Gasteiger partial charge is 0.496 e. The van der Waals surface area contributed by atoms with E-state index < -0.39 is 0 Å². The van der Waals surface area contributed by atoms with Crippen LogP contribution in [0.2, 0.25) is 0 Å². The number of rotatable bonds is 4. The van der Waals surface area contributed by atoms with Gasteiger partial charge in [0.25, 0.3) is 0 Å². The van der Waals surface area contributed by atoms with Crippen LogP contribution < -0.4 is 4.74 Å². The van der Waals surface area contributed by atoms with Crippen molar-refractivity contribution in [2.24, 2.45) is 0 Å². The molecule has 0 atom stereocenters. The lowest BCUT2D eigenvalue weighted by molar-refractivity contribution is -0.137. The maximum Gasteiger partial charge on any atom is 0.315 e. The highest BCUT2D eigenvalue weighted by Gasteiger charge is 2.07. The van der Waals surface area contributed by atoms with E-state index in [0.29, 0.717) is 5.75 Å². The summed E-state index contributed by atoms with van der Waals surface area (Å²) in [4.78, 5) is 12.1. The Kier molecular flexibility index (Phi) is 4.68. The molecule has 0 N–H and O–H groups in total. The Balaban J connectivity index is 2.81. The number of carbonyl (C=O) groups is 1. The fraction of sp³-hybridized carbons (Fsp3) is 0.417. The first-order valence-electron chi connectivity index (χ1n) is 4.93. The molecule has 0 fully saturated rings. The van der Waals surface area contributed by atoms with Crippen molar-refractivity contribution in [2.75, 3.05) is 20.0 Å². The van der Waals surface area contributed by atoms with Gasteiger partial charge in [0, 0.05) is 4.90 Å². The average molecular weight is 240 g/mol. The first-order chi connectivity index (χ1) is 7.58. The van der Waals surface area contributed by atoms with Crippen LogP contribution in [0.25, 0.3) is 0 Å². The van der Waals surface area contributed by atoms with Crippen LogP contribution in [0.5, 0.6) is 5.75 Å². The summed E-state index contributed by atoms with van der Waals surface area (Å²) in [5.41, 5.74) is 2.18. The lowest BCUT2D eigenvalue weighted by Gasteiger charge is -2.10. The first kappa shape index (κ1) is 12.9. The third-order valence-corrected chi connectivity index (χ3v) is 3.40. The molecule has 0 unspecified atom stereocenters. The molecule has 0 saturated heterocycles. The highest BCUT2D eigenvalue weighted by Crippen LogP contribution is 2.29. The van der Waals surface area contributed by atoms with Crippen molar-refractivity contribution in [3.05, 3.63) is 23.3 Å². The van der Waals surface area contributed by atoms with E-state index in [-0.39, 0.29) is 5.97 Å². The van der Waals surface area contributed by atoms with Gasteiger partial charge in [-0.2, -0.15) is 0 Å². The Bertz CT molecular complexity index is 388. The van der Waals surface area contributed by atoms with E-state index in [2.05, 4.69) is 4.74 Å². The smallest absolute Gasteiger partial charge is 0.315 e. The molecule has 1 aromatic rings. The number of hydrogen-bond donors (Lipinski definition) is 0. The summed E-state index contributed by atoms with van der Waals surface area (Å²) >= 11 is 1.48. The van der Waals surface area contributed by atoms with Crippen LogP contribution in [-0.2, 0) is 9.53 Å². The van der Waals surface area contributed by atoms with Gasteiger partial charge in [0.15, 0.2) is 0 Å². The van der Waals surface area contributed by atoms with Crippen LogP contribution in [0.1, 0.15) is 11.1 Å². The number of hydrogen-bond acceptors (Lipinski definition) is 4. The van der Waals surface area contributed by atoms with Crippen molar-refractivity contribution < 1.29 is 14.3 Å². The van der Waals surface area contributed by atoms with Gasteiger partial charge in [0.1, 0.15) is 5.75 Å². The molecule has 0 amide bonds. The molecule has 0 spiro atoms. The normalized spacial score (nSPS) is 10.0. The molecule has 0 aliphatic carbocycles. The predicted octanol–water partition coefficient (Wildman–Crippen LogP) is 2.58. The molecular formula is C12H16O3S. The molecule has 0 saturated carbocycles. The van der Waals surface area contributed by atoms with E-state index in [4.69, 9.17) is 4.74 Å². The van der Waals surface area contributed by atoms with E-state index in [1.54, 1.807) is 7.11 Å². The Morgan fingerprint density at radius 2 is 1.94 bits per heavy atom. The Morgan fingerprint density at radius 1 is 1.25 bits per heavy atom. The molecule has 4 heteroatoms. The van der Waals surface area contributed by atoms with Crippen molar-refractivity contribution in [1.82, 2.24) is 0 Å². The summed E-state index contributed by atoms with van der Waals surface area (Å²) in [7, 11) is 3.05. The summed E-state index contributed by atoms with van der Waals surface area (Å²) in [5.74, 6) is 1.00. The minimum absolute atomic E-state index is 0.210. The van der Waals surface area contributed by atoms with Crippen LogP contribution >= 0.6 is 11.8 Å². The molecule has 0 heterocycles. The molecule has 16 heavy (non-hydrogen) atoms. The molecule has 0 radical (unpaired) electrons. The number of ether oxygens (including phenoxy) is 2. The second kappa shape index (κ2) is 5.80. The van der Waals surface area contributed by atoms with Gasteiger partial charge in [-0.25, -0.2) is 0 Å². The zero-order valence-corrected chi connectivity index (χ0v) is 10.8. The molecule has 0 aromatic heterocycles. The van der Waals surface area contributed by atoms with Crippen molar-refractivity contribution in [3.63, 3.8) is 0 Å². The molecule has 0 aliphatic heterocycles. The quantitative estimate of drug-likeness (QED) is 0.598. The Morgan fingerprint density at radius 3 is 2.50 bits per heavy atom. The van der Waals surface area contributed by atoms with E-state index in [1.165, 1.54) is 18.9 Å². The van der Waals surface area contributed by atoms with Gasteiger partial charge >= 0.3 is 5.97 Å². The zero-order valence-electron chi connectivity index (χ0n) is 9.99. The van der Waals surface area contributed by atoms with Gasteiger partial charge in [-0.15, -0.1) is 11.8 Å². The van der Waals surface area contributed by atoms with Gasteiger partial charge < -0.3 is 9.47 Å². The molecule has 1 rings (SSSR count). The summed E-state index contributed by atoms with van der Waals surface area (Å²) < 4.78 is 9.83. The summed E-state index contributed by atoms with van der Waals surface area (Å²) in [6.45, 7) is 3.99. The van der Waals surface area contributed by atoms with Gasteiger partial charge in [-0.1, -0.05) is 0 Å². The van der Waals surface area contributed by atoms with Crippen LogP contribution in [0, 0.1) is 13.8 Å². The summed E-state index contributed by atoms with van der Waals surface area (Å²) in [5, 5.41) is 0. The monoisotopic (exact) mass is 240 g/mol. The highest BCUT2D eigenvalue weighted by atomic mass is 32.2. The summed E-state index contributed by atoms with van der Waals surface area (Å²) in [6.07, 6.45) is 0. The lowest BCUT2D eigenvalue weighted by Crippen LogP contribution is -2.03. The number of aryl methyl sites for hydroxylation is 2. The SMILES string of the molecule is COC(=O)CSc1cc(C)c(OC)cc1C. The summed E-state index contributed by atoms with van der Waals surface area (Å²) in [6, 6.07) is 4.01. The fourth-order valence-corrected chi connectivity index (χ4v) is 2.27. The van der Waals surface area contributed by atoms with Crippen LogP contribution in [-0.4, -0.2) is 25.9 Å². The lowest BCUT2D eigenvalue weighted by atomic mass is 10.1. The fourth-order valence-electron chi connectivity index (χ4n) is 1.33. The maximum absolute atomic E-state index is 11.0. The number of methoxy groups -OCH3 is 2. The van der Waals surface area contributed by atoms with E-state index in [1.807, 2.05) is 26.0 Å². The van der Waals surface area contributed by atoms with Crippen LogP contribution in [0.3, 0.4) is 0 Å². The zero-order chi connectivity index (χ0) is 12.1. The number of benzene rings is 1. The molecule has 0 bridgehead atoms. The van der Waals surface area contributed by atoms with Gasteiger partial charge in [-0.3, -0.25) is 4.79 Å². The van der Waals surface area contributed by atoms with E-state index in [0.717, 1.165) is 21.8 Å². The van der Waals surface area contributed by atoms with Gasteiger partial charge in [-0.05, 0) is 37.1 Å². The first-order valence-corrected chi connectivity index (χ1v) is 5.92. The van der Waals surface area contributed by atoms with Gasteiger partial charge in [0.2, 0.25) is 0 Å². The Hall–Kier alpha value is -1.16. The second-order valence-corrected chi connectivity index (χ2v) is 4.47. The van der Waals surface area contributed by atoms with Crippen molar-refractivity contribution in [2.45, 2.75) is 18.7 Å². The number of thioether (sulfide) groups is 1. The van der Waals surface area contributed by atoms with Crippen molar-refractivity contribution in [1.29, 1.82) is 0 Å². The second-order valence-electron chi connectivity index (χ2n) is 3.45. The van der Waals surface area contributed by atoms with E-state index in [9.17, 15) is 4.79 Å². The minimum Gasteiger partial charge on any atom is -0.496 e. The number of esters is 1. The molecule has 1 aromatic carbocycles. The Labute approximate surface area is 100 Å². The average Bonchev–Trinajstić information content (AvgIpc) is 2.29. The molecule has 3 nitrogen and oxygen atoms in total. The van der Waals surface area contributed by atoms with Gasteiger partial charge in [0.05, 0.1) is 20.0 Å². The molecule has 0 aliphatic rings.